The third-order valence-corrected chi connectivity index (χ3v) is 4.46. The van der Waals surface area contributed by atoms with Crippen molar-refractivity contribution in [3.63, 3.8) is 0 Å². The van der Waals surface area contributed by atoms with Crippen LogP contribution in [0.4, 0.5) is 10.1 Å². The molecule has 0 bridgehead atoms. The van der Waals surface area contributed by atoms with E-state index in [2.05, 4.69) is 5.32 Å². The van der Waals surface area contributed by atoms with Gasteiger partial charge in [-0.15, -0.1) is 0 Å². The molecule has 2 aromatic rings. The number of ether oxygens (including phenoxy) is 1. The monoisotopic (exact) mass is 385 g/mol. The largest absolute Gasteiger partial charge is 0.469 e. The Hall–Kier alpha value is -3.02. The molecule has 0 saturated heterocycles. The number of hydrogen-bond donors (Lipinski definition) is 1. The van der Waals surface area contributed by atoms with Crippen LogP contribution in [0.3, 0.4) is 0 Å². The van der Waals surface area contributed by atoms with Crippen LogP contribution >= 0.6 is 0 Å². The van der Waals surface area contributed by atoms with Crippen molar-refractivity contribution in [2.75, 3.05) is 12.4 Å². The van der Waals surface area contributed by atoms with Gasteiger partial charge in [0.1, 0.15) is 11.6 Å². The van der Waals surface area contributed by atoms with Crippen molar-refractivity contribution in [3.8, 4) is 0 Å². The summed E-state index contributed by atoms with van der Waals surface area (Å²) in [6.07, 6.45) is 1.32. The maximum absolute atomic E-state index is 13.9. The van der Waals surface area contributed by atoms with Crippen LogP contribution in [0.25, 0.3) is 0 Å². The molecule has 0 saturated carbocycles. The van der Waals surface area contributed by atoms with Gasteiger partial charge in [-0.3, -0.25) is 14.4 Å². The SMILES string of the molecule is COC(=O)C(C)(C)CC(=O)Cc1ccc(Cc2ccc(NC=O)c(F)c2)cc1. The summed E-state index contributed by atoms with van der Waals surface area (Å²) in [6, 6.07) is 12.2. The zero-order valence-electron chi connectivity index (χ0n) is 16.3. The van der Waals surface area contributed by atoms with E-state index in [1.54, 1.807) is 19.9 Å². The normalized spacial score (nSPS) is 11.0. The predicted molar refractivity (Wildman–Crippen MR) is 104 cm³/mol. The van der Waals surface area contributed by atoms with Crippen LogP contribution in [0.15, 0.2) is 42.5 Å². The maximum atomic E-state index is 13.9. The van der Waals surface area contributed by atoms with Crippen LogP contribution in [-0.2, 0) is 32.0 Å². The van der Waals surface area contributed by atoms with Crippen molar-refractivity contribution in [1.29, 1.82) is 0 Å². The van der Waals surface area contributed by atoms with Crippen molar-refractivity contribution < 1.29 is 23.5 Å². The fourth-order valence-electron chi connectivity index (χ4n) is 2.99. The first-order valence-electron chi connectivity index (χ1n) is 8.91. The minimum absolute atomic E-state index is 0.0384. The molecule has 1 amide bonds. The van der Waals surface area contributed by atoms with Gasteiger partial charge in [-0.05, 0) is 49.1 Å². The summed E-state index contributed by atoms with van der Waals surface area (Å²) in [5.74, 6) is -0.929. The molecule has 0 heterocycles. The predicted octanol–water partition coefficient (Wildman–Crippen LogP) is 3.69. The lowest BCUT2D eigenvalue weighted by Gasteiger charge is -2.20. The summed E-state index contributed by atoms with van der Waals surface area (Å²) in [7, 11) is 1.31. The molecule has 0 fully saturated rings. The summed E-state index contributed by atoms with van der Waals surface area (Å²) in [5, 5.41) is 2.30. The molecule has 0 spiro atoms. The number of Topliss-reactive ketones (excluding diaryl/α,β-unsaturated/α-hetero) is 1. The maximum Gasteiger partial charge on any atom is 0.311 e. The first-order chi connectivity index (χ1) is 13.2. The minimum atomic E-state index is -0.847. The molecule has 0 radical (unpaired) electrons. The molecule has 0 aliphatic carbocycles. The molecular weight excluding hydrogens is 361 g/mol. The number of esters is 1. The van der Waals surface area contributed by atoms with Gasteiger partial charge in [0.2, 0.25) is 6.41 Å². The van der Waals surface area contributed by atoms with Gasteiger partial charge in [-0.25, -0.2) is 4.39 Å². The van der Waals surface area contributed by atoms with Crippen LogP contribution < -0.4 is 5.32 Å². The number of rotatable bonds is 9. The number of benzene rings is 2. The number of anilines is 1. The number of amides is 1. The molecule has 2 rings (SSSR count). The Morgan fingerprint density at radius 2 is 1.68 bits per heavy atom. The molecule has 28 heavy (non-hydrogen) atoms. The van der Waals surface area contributed by atoms with E-state index in [0.717, 1.165) is 16.7 Å². The Bertz CT molecular complexity index is 859. The molecule has 2 aromatic carbocycles. The first-order valence-corrected chi connectivity index (χ1v) is 8.91. The number of ketones is 1. The fourth-order valence-corrected chi connectivity index (χ4v) is 2.99. The van der Waals surface area contributed by atoms with E-state index in [0.29, 0.717) is 12.8 Å². The number of nitrogens with one attached hydrogen (secondary N) is 1. The summed E-state index contributed by atoms with van der Waals surface area (Å²) < 4.78 is 18.6. The van der Waals surface area contributed by atoms with Crippen LogP contribution in [0.2, 0.25) is 0 Å². The third kappa shape index (κ3) is 5.74. The Morgan fingerprint density at radius 3 is 2.25 bits per heavy atom. The lowest BCUT2D eigenvalue weighted by Crippen LogP contribution is -2.29. The molecule has 0 unspecified atom stereocenters. The summed E-state index contributed by atoms with van der Waals surface area (Å²) >= 11 is 0. The number of methoxy groups -OCH3 is 1. The number of carbonyl (C=O) groups is 3. The molecule has 0 aliphatic rings. The van der Waals surface area contributed by atoms with E-state index in [1.807, 2.05) is 24.3 Å². The van der Waals surface area contributed by atoms with Gasteiger partial charge < -0.3 is 10.1 Å². The zero-order chi connectivity index (χ0) is 20.7. The Labute approximate surface area is 163 Å². The summed E-state index contributed by atoms with van der Waals surface area (Å²) in [5.41, 5.74) is 1.90. The molecule has 1 N–H and O–H groups in total. The van der Waals surface area contributed by atoms with Crippen molar-refractivity contribution in [3.05, 3.63) is 65.0 Å². The Morgan fingerprint density at radius 1 is 1.07 bits per heavy atom. The highest BCUT2D eigenvalue weighted by Crippen LogP contribution is 2.23. The van der Waals surface area contributed by atoms with Gasteiger partial charge in [0.25, 0.3) is 0 Å². The van der Waals surface area contributed by atoms with Gasteiger partial charge in [-0.1, -0.05) is 30.3 Å². The summed E-state index contributed by atoms with van der Waals surface area (Å²) in [4.78, 5) is 34.4. The smallest absolute Gasteiger partial charge is 0.311 e. The van der Waals surface area contributed by atoms with Gasteiger partial charge >= 0.3 is 5.97 Å². The fraction of sp³-hybridized carbons (Fsp3) is 0.318. The average Bonchev–Trinajstić information content (AvgIpc) is 2.64. The van der Waals surface area contributed by atoms with Crippen molar-refractivity contribution >= 4 is 23.9 Å². The van der Waals surface area contributed by atoms with Gasteiger partial charge in [0.05, 0.1) is 18.2 Å². The van der Waals surface area contributed by atoms with Gasteiger partial charge in [0, 0.05) is 12.8 Å². The third-order valence-electron chi connectivity index (χ3n) is 4.46. The van der Waals surface area contributed by atoms with E-state index in [4.69, 9.17) is 4.74 Å². The average molecular weight is 385 g/mol. The second-order valence-corrected chi connectivity index (χ2v) is 7.34. The molecule has 148 valence electrons. The van der Waals surface area contributed by atoms with Crippen LogP contribution in [0.1, 0.15) is 37.0 Å². The molecule has 0 aromatic heterocycles. The van der Waals surface area contributed by atoms with Crippen LogP contribution in [-0.4, -0.2) is 25.3 Å². The van der Waals surface area contributed by atoms with E-state index in [-0.39, 0.29) is 24.3 Å². The second kappa shape index (κ2) is 9.26. The van der Waals surface area contributed by atoms with Crippen molar-refractivity contribution in [2.24, 2.45) is 5.41 Å². The first kappa shape index (κ1) is 21.3. The van der Waals surface area contributed by atoms with E-state index >= 15 is 0 Å². The number of halogens is 1. The van der Waals surface area contributed by atoms with E-state index < -0.39 is 17.2 Å². The highest BCUT2D eigenvalue weighted by molar-refractivity contribution is 5.87. The highest BCUT2D eigenvalue weighted by atomic mass is 19.1. The second-order valence-electron chi connectivity index (χ2n) is 7.34. The van der Waals surface area contributed by atoms with E-state index in [1.165, 1.54) is 19.2 Å². The standard InChI is InChI=1S/C22H24FNO4/c1-22(2,21(27)28-3)13-18(26)11-16-6-4-15(5-7-16)10-17-8-9-20(24-14-25)19(23)12-17/h4-9,12,14H,10-11,13H2,1-3H3,(H,24,25). The van der Waals surface area contributed by atoms with Crippen LogP contribution in [0, 0.1) is 11.2 Å². The van der Waals surface area contributed by atoms with E-state index in [9.17, 15) is 18.8 Å². The molecule has 5 nitrogen and oxygen atoms in total. The summed E-state index contributed by atoms with van der Waals surface area (Å²) in [6.45, 7) is 3.38. The van der Waals surface area contributed by atoms with Crippen molar-refractivity contribution in [2.45, 2.75) is 33.1 Å². The number of carbonyl (C=O) groups excluding carboxylic acids is 3. The Balaban J connectivity index is 1.98. The molecule has 6 heteroatoms. The van der Waals surface area contributed by atoms with Gasteiger partial charge in [0.15, 0.2) is 0 Å². The Kier molecular flexibility index (Phi) is 7.04. The minimum Gasteiger partial charge on any atom is -0.469 e. The highest BCUT2D eigenvalue weighted by Gasteiger charge is 2.31. The topological polar surface area (TPSA) is 72.5 Å². The number of hydrogen-bond acceptors (Lipinski definition) is 4. The van der Waals surface area contributed by atoms with Gasteiger partial charge in [-0.2, -0.15) is 0 Å². The quantitative estimate of drug-likeness (QED) is 0.528. The molecule has 0 atom stereocenters. The van der Waals surface area contributed by atoms with Crippen LogP contribution in [0.5, 0.6) is 0 Å². The molecule has 0 aliphatic heterocycles. The van der Waals surface area contributed by atoms with Crippen molar-refractivity contribution in [1.82, 2.24) is 0 Å². The lowest BCUT2D eigenvalue weighted by molar-refractivity contribution is -0.152. The lowest BCUT2D eigenvalue weighted by atomic mass is 9.86. The molecular formula is C22H24FNO4. The zero-order valence-corrected chi connectivity index (χ0v) is 16.3.